The summed E-state index contributed by atoms with van der Waals surface area (Å²) in [7, 11) is 0. The van der Waals surface area contributed by atoms with Gasteiger partial charge in [0.1, 0.15) is 5.60 Å². The largest absolute Gasteiger partial charge is 0.464 e. The third kappa shape index (κ3) is 3.83. The van der Waals surface area contributed by atoms with Crippen LogP contribution in [0, 0.1) is 5.92 Å². The number of hydrogen-bond acceptors (Lipinski definition) is 5. The Morgan fingerprint density at radius 3 is 2.42 bits per heavy atom. The minimum atomic E-state index is -0.982. The maximum atomic E-state index is 12.1. The Morgan fingerprint density at radius 2 is 1.95 bits per heavy atom. The third-order valence-electron chi connectivity index (χ3n) is 2.88. The van der Waals surface area contributed by atoms with Gasteiger partial charge in [-0.15, -0.1) is 0 Å². The number of aliphatic hydroxyl groups is 1. The van der Waals surface area contributed by atoms with Crippen molar-refractivity contribution in [1.82, 2.24) is 4.90 Å². The summed E-state index contributed by atoms with van der Waals surface area (Å²) in [6.45, 7) is 9.19. The first-order valence-electron chi connectivity index (χ1n) is 6.51. The molecule has 0 unspecified atom stereocenters. The van der Waals surface area contributed by atoms with E-state index in [0.717, 1.165) is 0 Å². The number of ether oxygens (including phenoxy) is 2. The molecule has 1 N–H and O–H groups in total. The Morgan fingerprint density at radius 1 is 1.37 bits per heavy atom. The summed E-state index contributed by atoms with van der Waals surface area (Å²) in [6.07, 6.45) is -1.53. The predicted molar refractivity (Wildman–Crippen MR) is 68.5 cm³/mol. The number of nitrogens with zero attached hydrogens (tertiary/aromatic N) is 1. The fraction of sp³-hybridized carbons (Fsp3) is 0.846. The van der Waals surface area contributed by atoms with Gasteiger partial charge in [-0.05, 0) is 27.7 Å². The van der Waals surface area contributed by atoms with Gasteiger partial charge >= 0.3 is 12.1 Å². The molecule has 1 aliphatic heterocycles. The second kappa shape index (κ2) is 5.77. The zero-order valence-electron chi connectivity index (χ0n) is 12.2. The Bertz CT molecular complexity index is 349. The fourth-order valence-corrected chi connectivity index (χ4v) is 2.03. The number of aliphatic hydroxyl groups excluding tert-OH is 1. The first-order chi connectivity index (χ1) is 8.67. The summed E-state index contributed by atoms with van der Waals surface area (Å²) >= 11 is 0. The van der Waals surface area contributed by atoms with E-state index in [1.54, 1.807) is 34.6 Å². The van der Waals surface area contributed by atoms with Crippen LogP contribution in [0.15, 0.2) is 0 Å². The van der Waals surface area contributed by atoms with Crippen LogP contribution in [-0.2, 0) is 14.3 Å². The molecule has 0 saturated carbocycles. The van der Waals surface area contributed by atoms with Crippen LogP contribution in [0.5, 0.6) is 0 Å². The maximum absolute atomic E-state index is 12.1. The highest BCUT2D eigenvalue weighted by Gasteiger charge is 2.47. The summed E-state index contributed by atoms with van der Waals surface area (Å²) in [6, 6.07) is -0.982. The second-order valence-electron chi connectivity index (χ2n) is 5.80. The molecule has 110 valence electrons. The lowest BCUT2D eigenvalue weighted by molar-refractivity contribution is -0.151. The Hall–Kier alpha value is -1.30. The van der Waals surface area contributed by atoms with Crippen LogP contribution in [0.4, 0.5) is 4.79 Å². The number of likely N-dealkylation sites (tertiary alicyclic amines) is 1. The van der Waals surface area contributed by atoms with Crippen molar-refractivity contribution in [3.05, 3.63) is 0 Å². The molecule has 1 saturated heterocycles. The molecule has 1 fully saturated rings. The zero-order chi connectivity index (χ0) is 14.8. The van der Waals surface area contributed by atoms with Crippen molar-refractivity contribution >= 4 is 12.1 Å². The van der Waals surface area contributed by atoms with Crippen molar-refractivity contribution in [2.45, 2.75) is 52.4 Å². The Labute approximate surface area is 113 Å². The average Bonchev–Trinajstić information content (AvgIpc) is 2.53. The molecule has 0 radical (unpaired) electrons. The third-order valence-corrected chi connectivity index (χ3v) is 2.88. The van der Waals surface area contributed by atoms with Crippen LogP contribution in [-0.4, -0.2) is 53.0 Å². The molecule has 0 spiro atoms. The summed E-state index contributed by atoms with van der Waals surface area (Å²) in [4.78, 5) is 25.2. The predicted octanol–water partition coefficient (Wildman–Crippen LogP) is 1.17. The summed E-state index contributed by atoms with van der Waals surface area (Å²) in [5.41, 5.74) is -0.646. The molecule has 0 aliphatic carbocycles. The molecule has 1 amide bonds. The topological polar surface area (TPSA) is 76.1 Å². The van der Waals surface area contributed by atoms with Gasteiger partial charge in [0.2, 0.25) is 0 Å². The smallest absolute Gasteiger partial charge is 0.411 e. The maximum Gasteiger partial charge on any atom is 0.411 e. The van der Waals surface area contributed by atoms with E-state index in [9.17, 15) is 14.7 Å². The first kappa shape index (κ1) is 15.8. The van der Waals surface area contributed by atoms with E-state index in [1.807, 2.05) is 0 Å². The average molecular weight is 273 g/mol. The standard InChI is InChI=1S/C13H23NO5/c1-6-18-11(16)9-10(15)8(2)7-14(9)12(17)19-13(3,4)5/h8-10,15H,6-7H2,1-5H3/t8-,9-,10+/m0/s1. The molecule has 0 aromatic heterocycles. The van der Waals surface area contributed by atoms with Gasteiger partial charge in [-0.2, -0.15) is 0 Å². The molecule has 6 nitrogen and oxygen atoms in total. The quantitative estimate of drug-likeness (QED) is 0.764. The summed E-state index contributed by atoms with van der Waals surface area (Å²) in [5.74, 6) is -0.785. The molecule has 1 heterocycles. The van der Waals surface area contributed by atoms with E-state index < -0.39 is 29.8 Å². The Balaban J connectivity index is 2.85. The van der Waals surface area contributed by atoms with Crippen LogP contribution in [0.1, 0.15) is 34.6 Å². The van der Waals surface area contributed by atoms with Crippen LogP contribution in [0.2, 0.25) is 0 Å². The Kier molecular flexibility index (Phi) is 4.79. The minimum Gasteiger partial charge on any atom is -0.464 e. The molecule has 1 rings (SSSR count). The summed E-state index contributed by atoms with van der Waals surface area (Å²) in [5, 5.41) is 10.0. The normalized spacial score (nSPS) is 27.3. The molecule has 19 heavy (non-hydrogen) atoms. The SMILES string of the molecule is CCOC(=O)[C@@H]1[C@H](O)[C@@H](C)CN1C(=O)OC(C)(C)C. The molecule has 0 bridgehead atoms. The number of esters is 1. The van der Waals surface area contributed by atoms with Crippen molar-refractivity contribution in [2.24, 2.45) is 5.92 Å². The van der Waals surface area contributed by atoms with Gasteiger partial charge in [-0.25, -0.2) is 9.59 Å². The molecule has 0 aromatic carbocycles. The van der Waals surface area contributed by atoms with Gasteiger partial charge in [-0.1, -0.05) is 6.92 Å². The fourth-order valence-electron chi connectivity index (χ4n) is 2.03. The first-order valence-corrected chi connectivity index (χ1v) is 6.51. The van der Waals surface area contributed by atoms with Gasteiger partial charge in [0.25, 0.3) is 0 Å². The van der Waals surface area contributed by atoms with Gasteiger partial charge in [0, 0.05) is 12.5 Å². The van der Waals surface area contributed by atoms with E-state index >= 15 is 0 Å². The van der Waals surface area contributed by atoms with Gasteiger partial charge in [-0.3, -0.25) is 4.90 Å². The van der Waals surface area contributed by atoms with Gasteiger partial charge in [0.05, 0.1) is 12.7 Å². The van der Waals surface area contributed by atoms with Crippen LogP contribution in [0.3, 0.4) is 0 Å². The van der Waals surface area contributed by atoms with Crippen LogP contribution >= 0.6 is 0 Å². The lowest BCUT2D eigenvalue weighted by atomic mass is 10.0. The number of amides is 1. The number of carbonyl (C=O) groups is 2. The zero-order valence-corrected chi connectivity index (χ0v) is 12.2. The van der Waals surface area contributed by atoms with E-state index in [1.165, 1.54) is 4.90 Å². The molecular formula is C13H23NO5. The minimum absolute atomic E-state index is 0.193. The number of hydrogen-bond donors (Lipinski definition) is 1. The molecular weight excluding hydrogens is 250 g/mol. The van der Waals surface area contributed by atoms with E-state index in [-0.39, 0.29) is 19.1 Å². The van der Waals surface area contributed by atoms with Crippen LogP contribution < -0.4 is 0 Å². The molecule has 3 atom stereocenters. The number of carbonyl (C=O) groups excluding carboxylic acids is 2. The highest BCUT2D eigenvalue weighted by Crippen LogP contribution is 2.26. The van der Waals surface area contributed by atoms with Gasteiger partial charge < -0.3 is 14.6 Å². The highest BCUT2D eigenvalue weighted by atomic mass is 16.6. The monoisotopic (exact) mass is 273 g/mol. The summed E-state index contributed by atoms with van der Waals surface area (Å²) < 4.78 is 10.2. The number of rotatable bonds is 2. The second-order valence-corrected chi connectivity index (χ2v) is 5.80. The van der Waals surface area contributed by atoms with Gasteiger partial charge in [0.15, 0.2) is 6.04 Å². The van der Waals surface area contributed by atoms with Crippen molar-refractivity contribution in [1.29, 1.82) is 0 Å². The van der Waals surface area contributed by atoms with Crippen molar-refractivity contribution < 1.29 is 24.2 Å². The molecule has 1 aliphatic rings. The van der Waals surface area contributed by atoms with Crippen molar-refractivity contribution in [3.8, 4) is 0 Å². The molecule has 6 heteroatoms. The highest BCUT2D eigenvalue weighted by molar-refractivity contribution is 5.83. The van der Waals surface area contributed by atoms with Crippen molar-refractivity contribution in [2.75, 3.05) is 13.2 Å². The van der Waals surface area contributed by atoms with Crippen molar-refractivity contribution in [3.63, 3.8) is 0 Å². The van der Waals surface area contributed by atoms with E-state index in [0.29, 0.717) is 0 Å². The lowest BCUT2D eigenvalue weighted by Crippen LogP contribution is -2.47. The van der Waals surface area contributed by atoms with Crippen LogP contribution in [0.25, 0.3) is 0 Å². The van der Waals surface area contributed by atoms with E-state index in [2.05, 4.69) is 0 Å². The lowest BCUT2D eigenvalue weighted by Gasteiger charge is -2.28. The molecule has 0 aromatic rings. The van der Waals surface area contributed by atoms with E-state index in [4.69, 9.17) is 9.47 Å².